The van der Waals surface area contributed by atoms with Gasteiger partial charge in [0.25, 0.3) is 0 Å². The second-order valence-electron chi connectivity index (χ2n) is 5.88. The van der Waals surface area contributed by atoms with E-state index in [0.29, 0.717) is 5.92 Å². The topological polar surface area (TPSA) is 53.4 Å². The van der Waals surface area contributed by atoms with Crippen LogP contribution in [0.3, 0.4) is 0 Å². The molecule has 1 saturated carbocycles. The van der Waals surface area contributed by atoms with Crippen molar-refractivity contribution >= 4 is 5.97 Å². The second kappa shape index (κ2) is 6.84. The Bertz CT molecular complexity index is 435. The van der Waals surface area contributed by atoms with E-state index < -0.39 is 5.97 Å². The highest BCUT2D eigenvalue weighted by Gasteiger charge is 2.36. The number of pyridine rings is 1. The van der Waals surface area contributed by atoms with Gasteiger partial charge in [-0.25, -0.2) is 0 Å². The Labute approximate surface area is 120 Å². The van der Waals surface area contributed by atoms with Crippen molar-refractivity contribution in [2.45, 2.75) is 45.2 Å². The summed E-state index contributed by atoms with van der Waals surface area (Å²) in [6, 6.07) is 4.10. The van der Waals surface area contributed by atoms with E-state index in [0.717, 1.165) is 37.8 Å². The molecule has 0 bridgehead atoms. The van der Waals surface area contributed by atoms with Crippen molar-refractivity contribution in [2.75, 3.05) is 7.05 Å². The normalized spacial score (nSPS) is 26.6. The Balaban J connectivity index is 2.07. The highest BCUT2D eigenvalue weighted by molar-refractivity contribution is 5.71. The minimum absolute atomic E-state index is 0.131. The van der Waals surface area contributed by atoms with Crippen molar-refractivity contribution in [3.05, 3.63) is 30.1 Å². The molecule has 1 heterocycles. The van der Waals surface area contributed by atoms with Crippen LogP contribution in [0.15, 0.2) is 24.5 Å². The highest BCUT2D eigenvalue weighted by atomic mass is 16.4. The molecule has 0 radical (unpaired) electrons. The second-order valence-corrected chi connectivity index (χ2v) is 5.88. The summed E-state index contributed by atoms with van der Waals surface area (Å²) in [7, 11) is 2.03. The molecular weight excluding hydrogens is 252 g/mol. The summed E-state index contributed by atoms with van der Waals surface area (Å²) in [5.41, 5.74) is 1.14. The van der Waals surface area contributed by atoms with E-state index in [9.17, 15) is 9.90 Å². The van der Waals surface area contributed by atoms with Crippen LogP contribution in [0, 0.1) is 11.8 Å². The number of nitrogens with zero attached hydrogens (tertiary/aromatic N) is 2. The molecule has 1 aliphatic rings. The van der Waals surface area contributed by atoms with E-state index in [-0.39, 0.29) is 12.0 Å². The monoisotopic (exact) mass is 276 g/mol. The Morgan fingerprint density at radius 3 is 2.90 bits per heavy atom. The number of aromatic nitrogens is 1. The third-order valence-electron chi connectivity index (χ3n) is 4.54. The zero-order valence-electron chi connectivity index (χ0n) is 12.3. The largest absolute Gasteiger partial charge is 0.481 e. The zero-order valence-corrected chi connectivity index (χ0v) is 12.3. The van der Waals surface area contributed by atoms with Gasteiger partial charge in [-0.05, 0) is 43.9 Å². The summed E-state index contributed by atoms with van der Waals surface area (Å²) >= 11 is 0. The van der Waals surface area contributed by atoms with Crippen LogP contribution in [0.5, 0.6) is 0 Å². The highest BCUT2D eigenvalue weighted by Crippen LogP contribution is 2.34. The average molecular weight is 276 g/mol. The first kappa shape index (κ1) is 15.0. The molecule has 0 spiro atoms. The molecule has 4 nitrogen and oxygen atoms in total. The number of rotatable bonds is 5. The third kappa shape index (κ3) is 3.57. The molecule has 3 atom stereocenters. The fraction of sp³-hybridized carbons (Fsp3) is 0.625. The average Bonchev–Trinajstić information content (AvgIpc) is 2.47. The Morgan fingerprint density at radius 2 is 2.30 bits per heavy atom. The molecular formula is C16H24N2O2. The van der Waals surface area contributed by atoms with Gasteiger partial charge < -0.3 is 5.11 Å². The molecule has 3 unspecified atom stereocenters. The minimum Gasteiger partial charge on any atom is -0.481 e. The molecule has 1 aliphatic carbocycles. The lowest BCUT2D eigenvalue weighted by atomic mass is 9.76. The molecule has 1 N–H and O–H groups in total. The third-order valence-corrected chi connectivity index (χ3v) is 4.54. The predicted octanol–water partition coefficient (Wildman–Crippen LogP) is 2.79. The van der Waals surface area contributed by atoms with Crippen LogP contribution in [0.4, 0.5) is 0 Å². The maximum atomic E-state index is 11.5. The predicted molar refractivity (Wildman–Crippen MR) is 78.2 cm³/mol. The van der Waals surface area contributed by atoms with E-state index in [1.54, 1.807) is 6.20 Å². The van der Waals surface area contributed by atoms with Gasteiger partial charge in [-0.3, -0.25) is 14.7 Å². The van der Waals surface area contributed by atoms with Gasteiger partial charge in [0.2, 0.25) is 0 Å². The van der Waals surface area contributed by atoms with Crippen molar-refractivity contribution in [1.29, 1.82) is 0 Å². The van der Waals surface area contributed by atoms with Gasteiger partial charge in [-0.2, -0.15) is 0 Å². The van der Waals surface area contributed by atoms with Gasteiger partial charge in [0.15, 0.2) is 0 Å². The molecule has 4 heteroatoms. The summed E-state index contributed by atoms with van der Waals surface area (Å²) in [6.07, 6.45) is 7.60. The van der Waals surface area contributed by atoms with Crippen LogP contribution in [0.1, 0.15) is 38.2 Å². The number of carbonyl (C=O) groups is 1. The fourth-order valence-corrected chi connectivity index (χ4v) is 3.27. The Morgan fingerprint density at radius 1 is 1.50 bits per heavy atom. The Hall–Kier alpha value is -1.42. The summed E-state index contributed by atoms with van der Waals surface area (Å²) in [6.45, 7) is 2.96. The molecule has 2 rings (SSSR count). The lowest BCUT2D eigenvalue weighted by Gasteiger charge is -2.39. The van der Waals surface area contributed by atoms with Crippen molar-refractivity contribution in [1.82, 2.24) is 9.88 Å². The number of aliphatic carboxylic acids is 1. The van der Waals surface area contributed by atoms with Gasteiger partial charge in [0.1, 0.15) is 0 Å². The first-order valence-corrected chi connectivity index (χ1v) is 7.43. The van der Waals surface area contributed by atoms with E-state index in [1.165, 1.54) is 0 Å². The van der Waals surface area contributed by atoms with Crippen LogP contribution >= 0.6 is 0 Å². The summed E-state index contributed by atoms with van der Waals surface area (Å²) < 4.78 is 0. The van der Waals surface area contributed by atoms with Crippen LogP contribution in [-0.4, -0.2) is 34.0 Å². The maximum Gasteiger partial charge on any atom is 0.308 e. The number of hydrogen-bond donors (Lipinski definition) is 1. The van der Waals surface area contributed by atoms with Crippen LogP contribution in [0.25, 0.3) is 0 Å². The van der Waals surface area contributed by atoms with E-state index in [2.05, 4.69) is 16.8 Å². The maximum absolute atomic E-state index is 11.5. The van der Waals surface area contributed by atoms with Crippen molar-refractivity contribution in [3.8, 4) is 0 Å². The molecule has 0 amide bonds. The van der Waals surface area contributed by atoms with Crippen LogP contribution < -0.4 is 0 Å². The van der Waals surface area contributed by atoms with Crippen LogP contribution in [0.2, 0.25) is 0 Å². The molecule has 0 aliphatic heterocycles. The summed E-state index contributed by atoms with van der Waals surface area (Å²) in [5.74, 6) is -0.228. The van der Waals surface area contributed by atoms with Crippen molar-refractivity contribution in [2.24, 2.45) is 11.8 Å². The standard InChI is InChI=1S/C16H24N2O2/c1-3-12-6-7-14(16(19)20)15(9-12)18(2)11-13-5-4-8-17-10-13/h4-5,8,10,12,14-15H,3,6-7,9,11H2,1-2H3,(H,19,20). The number of carboxylic acids is 1. The fourth-order valence-electron chi connectivity index (χ4n) is 3.27. The molecule has 0 aromatic carbocycles. The smallest absolute Gasteiger partial charge is 0.308 e. The van der Waals surface area contributed by atoms with E-state index in [1.807, 2.05) is 25.4 Å². The van der Waals surface area contributed by atoms with E-state index in [4.69, 9.17) is 0 Å². The summed E-state index contributed by atoms with van der Waals surface area (Å²) in [4.78, 5) is 17.8. The minimum atomic E-state index is -0.650. The molecule has 1 aromatic rings. The van der Waals surface area contributed by atoms with Gasteiger partial charge >= 0.3 is 5.97 Å². The van der Waals surface area contributed by atoms with Gasteiger partial charge in [-0.1, -0.05) is 19.4 Å². The zero-order chi connectivity index (χ0) is 14.5. The molecule has 0 saturated heterocycles. The molecule has 1 fully saturated rings. The first-order chi connectivity index (χ1) is 9.61. The van der Waals surface area contributed by atoms with E-state index >= 15 is 0 Å². The Kier molecular flexibility index (Phi) is 5.12. The van der Waals surface area contributed by atoms with Gasteiger partial charge in [0.05, 0.1) is 5.92 Å². The van der Waals surface area contributed by atoms with Crippen molar-refractivity contribution in [3.63, 3.8) is 0 Å². The van der Waals surface area contributed by atoms with Crippen molar-refractivity contribution < 1.29 is 9.90 Å². The quantitative estimate of drug-likeness (QED) is 0.898. The van der Waals surface area contributed by atoms with Gasteiger partial charge in [-0.15, -0.1) is 0 Å². The van der Waals surface area contributed by atoms with Crippen LogP contribution in [-0.2, 0) is 11.3 Å². The molecule has 110 valence electrons. The lowest BCUT2D eigenvalue weighted by Crippen LogP contribution is -2.45. The molecule has 20 heavy (non-hydrogen) atoms. The number of hydrogen-bond acceptors (Lipinski definition) is 3. The molecule has 1 aromatic heterocycles. The van der Waals surface area contributed by atoms with Gasteiger partial charge in [0, 0.05) is 25.0 Å². The summed E-state index contributed by atoms with van der Waals surface area (Å²) in [5, 5.41) is 9.44. The SMILES string of the molecule is CCC1CCC(C(=O)O)C(N(C)Cc2cccnc2)C1. The number of carboxylic acid groups (broad SMARTS) is 1. The lowest BCUT2D eigenvalue weighted by molar-refractivity contribution is -0.146. The first-order valence-electron chi connectivity index (χ1n) is 7.43.